The van der Waals surface area contributed by atoms with Crippen LogP contribution in [0.2, 0.25) is 0 Å². The van der Waals surface area contributed by atoms with E-state index in [1.54, 1.807) is 4.90 Å². The zero-order chi connectivity index (χ0) is 30.3. The summed E-state index contributed by atoms with van der Waals surface area (Å²) in [5.41, 5.74) is 4.63. The molecule has 3 aliphatic rings. The van der Waals surface area contributed by atoms with Crippen molar-refractivity contribution in [2.45, 2.75) is 58.0 Å². The van der Waals surface area contributed by atoms with Gasteiger partial charge in [-0.2, -0.15) is 15.2 Å². The zero-order valence-corrected chi connectivity index (χ0v) is 25.3. The van der Waals surface area contributed by atoms with Crippen molar-refractivity contribution >= 4 is 22.6 Å². The Morgan fingerprint density at radius 3 is 2.77 bits per heavy atom. The first-order chi connectivity index (χ1) is 20.7. The van der Waals surface area contributed by atoms with Gasteiger partial charge in [0.25, 0.3) is 0 Å². The van der Waals surface area contributed by atoms with Crippen LogP contribution in [0, 0.1) is 22.6 Å². The molecule has 2 fully saturated rings. The number of nitrogens with zero attached hydrogens (tertiary/aromatic N) is 6. The SMILES string of the molecule is C=CC(=O)N1CCN(c2nc(OC[C@@H]3CCCN3C)nc3cc(-c4cccc5c4CC(C)(C)C5)c(F)cc23)C[C@@H]1CC#N. The molecule has 2 atom stereocenters. The first kappa shape index (κ1) is 29.1. The van der Waals surface area contributed by atoms with E-state index in [0.717, 1.165) is 37.8 Å². The molecule has 2 aromatic carbocycles. The van der Waals surface area contributed by atoms with Crippen molar-refractivity contribution in [3.05, 3.63) is 59.9 Å². The third kappa shape index (κ3) is 5.68. The Kier molecular flexibility index (Phi) is 7.82. The zero-order valence-electron chi connectivity index (χ0n) is 25.3. The number of rotatable bonds is 7. The number of benzene rings is 2. The molecule has 3 aromatic rings. The summed E-state index contributed by atoms with van der Waals surface area (Å²) >= 11 is 0. The molecule has 9 heteroatoms. The standard InChI is InChI=1S/C34H39FN6O2/c1-5-31(42)41-15-14-40(20-23(41)11-12-36)32-27-16-29(35)26(25-10-6-8-22-18-34(2,3)19-28(22)25)17-30(27)37-33(38-32)43-21-24-9-7-13-39(24)4/h5-6,8,10,16-17,23-24H,1,7,9,11,13-15,18-21H2,2-4H3/t23-,24-/m0/s1. The highest BCUT2D eigenvalue weighted by Crippen LogP contribution is 2.43. The monoisotopic (exact) mass is 582 g/mol. The third-order valence-corrected chi connectivity index (χ3v) is 9.27. The van der Waals surface area contributed by atoms with Gasteiger partial charge in [-0.3, -0.25) is 4.79 Å². The molecule has 1 amide bonds. The van der Waals surface area contributed by atoms with E-state index in [9.17, 15) is 10.1 Å². The molecule has 2 saturated heterocycles. The lowest BCUT2D eigenvalue weighted by atomic mass is 9.89. The average Bonchev–Trinajstić information content (AvgIpc) is 3.55. The van der Waals surface area contributed by atoms with E-state index < -0.39 is 0 Å². The van der Waals surface area contributed by atoms with E-state index in [0.29, 0.717) is 48.5 Å². The van der Waals surface area contributed by atoms with E-state index in [1.165, 1.54) is 23.3 Å². The van der Waals surface area contributed by atoms with Crippen molar-refractivity contribution in [2.24, 2.45) is 5.41 Å². The Bertz CT molecular complexity index is 1610. The van der Waals surface area contributed by atoms with Gasteiger partial charge in [-0.1, -0.05) is 38.6 Å². The molecule has 0 N–H and O–H groups in total. The number of aromatic nitrogens is 2. The molecule has 6 rings (SSSR count). The number of amides is 1. The molecule has 0 spiro atoms. The van der Waals surface area contributed by atoms with Crippen molar-refractivity contribution < 1.29 is 13.9 Å². The number of ether oxygens (including phenoxy) is 1. The maximum atomic E-state index is 16.1. The topological polar surface area (TPSA) is 85.6 Å². The maximum Gasteiger partial charge on any atom is 0.319 e. The average molecular weight is 583 g/mol. The second kappa shape index (κ2) is 11.6. The highest BCUT2D eigenvalue weighted by molar-refractivity contribution is 5.94. The van der Waals surface area contributed by atoms with E-state index in [4.69, 9.17) is 14.7 Å². The first-order valence-corrected chi connectivity index (χ1v) is 15.2. The van der Waals surface area contributed by atoms with Crippen LogP contribution in [0.1, 0.15) is 44.2 Å². The predicted molar refractivity (Wildman–Crippen MR) is 165 cm³/mol. The fraction of sp³-hybridized carbons (Fsp3) is 0.471. The molecule has 0 radical (unpaired) electrons. The van der Waals surface area contributed by atoms with Crippen molar-refractivity contribution in [3.8, 4) is 23.2 Å². The van der Waals surface area contributed by atoms with E-state index in [1.807, 2.05) is 23.1 Å². The number of carbonyl (C=O) groups is 1. The van der Waals surface area contributed by atoms with Gasteiger partial charge in [0.1, 0.15) is 18.2 Å². The van der Waals surface area contributed by atoms with Crippen LogP contribution in [0.5, 0.6) is 6.01 Å². The Morgan fingerprint density at radius 1 is 1.19 bits per heavy atom. The molecule has 8 nitrogen and oxygen atoms in total. The van der Waals surface area contributed by atoms with Gasteiger partial charge in [-0.05, 0) is 79.6 Å². The van der Waals surface area contributed by atoms with Gasteiger partial charge in [0, 0.05) is 36.6 Å². The van der Waals surface area contributed by atoms with Gasteiger partial charge < -0.3 is 19.4 Å². The van der Waals surface area contributed by atoms with E-state index in [2.05, 4.69) is 44.5 Å². The van der Waals surface area contributed by atoms with Gasteiger partial charge in [0.2, 0.25) is 5.91 Å². The van der Waals surface area contributed by atoms with Gasteiger partial charge in [-0.15, -0.1) is 0 Å². The number of likely N-dealkylation sites (tertiary alicyclic amines) is 1. The van der Waals surface area contributed by atoms with Gasteiger partial charge >= 0.3 is 6.01 Å². The second-order valence-corrected chi connectivity index (χ2v) is 12.9. The second-order valence-electron chi connectivity index (χ2n) is 12.9. The number of likely N-dealkylation sites (N-methyl/N-ethyl adjacent to an activating group) is 1. The van der Waals surface area contributed by atoms with Crippen LogP contribution in [0.15, 0.2) is 43.0 Å². The number of carbonyl (C=O) groups excluding carboxylic acids is 1. The predicted octanol–water partition coefficient (Wildman–Crippen LogP) is 5.15. The van der Waals surface area contributed by atoms with Crippen molar-refractivity contribution in [3.63, 3.8) is 0 Å². The van der Waals surface area contributed by atoms with Crippen LogP contribution in [0.25, 0.3) is 22.0 Å². The van der Waals surface area contributed by atoms with Crippen LogP contribution in [-0.2, 0) is 17.6 Å². The molecule has 3 heterocycles. The molecular formula is C34H39FN6O2. The molecule has 2 aliphatic heterocycles. The molecule has 1 aromatic heterocycles. The number of hydrogen-bond donors (Lipinski definition) is 0. The number of nitriles is 1. The Labute approximate surface area is 252 Å². The fourth-order valence-electron chi connectivity index (χ4n) is 7.04. The molecule has 0 unspecified atom stereocenters. The number of piperazine rings is 1. The summed E-state index contributed by atoms with van der Waals surface area (Å²) in [6.07, 6.45) is 5.49. The van der Waals surface area contributed by atoms with Crippen molar-refractivity contribution in [1.29, 1.82) is 5.26 Å². The van der Waals surface area contributed by atoms with Gasteiger partial charge in [-0.25, -0.2) is 4.39 Å². The van der Waals surface area contributed by atoms with Gasteiger partial charge in [0.05, 0.1) is 24.0 Å². The summed E-state index contributed by atoms with van der Waals surface area (Å²) in [4.78, 5) is 28.1. The van der Waals surface area contributed by atoms with Crippen LogP contribution in [0.4, 0.5) is 10.2 Å². The molecule has 0 bridgehead atoms. The Morgan fingerprint density at radius 2 is 2.02 bits per heavy atom. The Hall–Kier alpha value is -4.03. The maximum absolute atomic E-state index is 16.1. The number of halogens is 1. The molecule has 0 saturated carbocycles. The van der Waals surface area contributed by atoms with Crippen molar-refractivity contribution in [1.82, 2.24) is 19.8 Å². The first-order valence-electron chi connectivity index (χ1n) is 15.2. The largest absolute Gasteiger partial charge is 0.462 e. The van der Waals surface area contributed by atoms with Crippen LogP contribution >= 0.6 is 0 Å². The van der Waals surface area contributed by atoms with E-state index >= 15 is 4.39 Å². The lowest BCUT2D eigenvalue weighted by Gasteiger charge is -2.41. The summed E-state index contributed by atoms with van der Waals surface area (Å²) in [6, 6.07) is 11.9. The Balaban J connectivity index is 1.42. The summed E-state index contributed by atoms with van der Waals surface area (Å²) in [7, 11) is 2.10. The lowest BCUT2D eigenvalue weighted by molar-refractivity contribution is -0.128. The van der Waals surface area contributed by atoms with Crippen LogP contribution in [0.3, 0.4) is 0 Å². The summed E-state index contributed by atoms with van der Waals surface area (Å²) < 4.78 is 22.3. The number of fused-ring (bicyclic) bond motifs is 2. The summed E-state index contributed by atoms with van der Waals surface area (Å²) in [6.45, 7) is 10.9. The van der Waals surface area contributed by atoms with Crippen LogP contribution < -0.4 is 9.64 Å². The normalized spacial score (nSPS) is 21.6. The smallest absolute Gasteiger partial charge is 0.319 e. The number of anilines is 1. The van der Waals surface area contributed by atoms with E-state index in [-0.39, 0.29) is 41.7 Å². The summed E-state index contributed by atoms with van der Waals surface area (Å²) in [5, 5.41) is 10.1. The highest BCUT2D eigenvalue weighted by Gasteiger charge is 2.33. The lowest BCUT2D eigenvalue weighted by Crippen LogP contribution is -2.55. The minimum atomic E-state index is -0.342. The van der Waals surface area contributed by atoms with Crippen LogP contribution in [-0.4, -0.2) is 77.6 Å². The van der Waals surface area contributed by atoms with Gasteiger partial charge in [0.15, 0.2) is 0 Å². The molecule has 224 valence electrons. The summed E-state index contributed by atoms with van der Waals surface area (Å²) in [5.74, 6) is 0.0236. The quantitative estimate of drug-likeness (QED) is 0.356. The minimum Gasteiger partial charge on any atom is -0.462 e. The highest BCUT2D eigenvalue weighted by atomic mass is 19.1. The third-order valence-electron chi connectivity index (χ3n) is 9.27. The fourth-order valence-corrected chi connectivity index (χ4v) is 7.04. The molecule has 43 heavy (non-hydrogen) atoms. The minimum absolute atomic E-state index is 0.130. The molecular weight excluding hydrogens is 543 g/mol. The number of hydrogen-bond acceptors (Lipinski definition) is 7. The van der Waals surface area contributed by atoms with Crippen molar-refractivity contribution in [2.75, 3.05) is 44.7 Å². The molecule has 1 aliphatic carbocycles.